The summed E-state index contributed by atoms with van der Waals surface area (Å²) in [5, 5.41) is 2.07. The summed E-state index contributed by atoms with van der Waals surface area (Å²) >= 11 is 5.75. The third kappa shape index (κ3) is 2.61. The van der Waals surface area contributed by atoms with Gasteiger partial charge in [-0.15, -0.1) is 11.6 Å². The lowest BCUT2D eigenvalue weighted by Gasteiger charge is -2.10. The van der Waals surface area contributed by atoms with Gasteiger partial charge in [-0.3, -0.25) is 0 Å². The highest BCUT2D eigenvalue weighted by atomic mass is 35.5. The molecule has 0 atom stereocenters. The fraction of sp³-hybridized carbons (Fsp3) is 0.0588. The number of rotatable bonds is 3. The van der Waals surface area contributed by atoms with Gasteiger partial charge in [0.05, 0.1) is 0 Å². The lowest BCUT2D eigenvalue weighted by atomic mass is 10.1. The van der Waals surface area contributed by atoms with E-state index in [1.807, 2.05) is 42.5 Å². The molecular formula is C17H12ClFO. The average Bonchev–Trinajstić information content (AvgIpc) is 2.47. The Hall–Kier alpha value is -2.06. The SMILES string of the molecule is Fc1cc(CCl)cc(Oc2cccc3ccccc23)c1. The predicted molar refractivity (Wildman–Crippen MR) is 80.0 cm³/mol. The summed E-state index contributed by atoms with van der Waals surface area (Å²) in [7, 11) is 0. The van der Waals surface area contributed by atoms with Crippen molar-refractivity contribution in [3.63, 3.8) is 0 Å². The summed E-state index contributed by atoms with van der Waals surface area (Å²) in [5.41, 5.74) is 0.696. The van der Waals surface area contributed by atoms with E-state index in [9.17, 15) is 4.39 Å². The molecule has 0 aliphatic carbocycles. The molecule has 3 aromatic rings. The molecule has 1 nitrogen and oxygen atoms in total. The van der Waals surface area contributed by atoms with Crippen molar-refractivity contribution in [2.24, 2.45) is 0 Å². The number of hydrogen-bond donors (Lipinski definition) is 0. The van der Waals surface area contributed by atoms with Crippen LogP contribution < -0.4 is 4.74 Å². The second-order valence-electron chi connectivity index (χ2n) is 4.51. The smallest absolute Gasteiger partial charge is 0.135 e. The van der Waals surface area contributed by atoms with E-state index in [0.717, 1.165) is 10.8 Å². The maximum Gasteiger partial charge on any atom is 0.135 e. The minimum absolute atomic E-state index is 0.254. The zero-order valence-electron chi connectivity index (χ0n) is 10.6. The van der Waals surface area contributed by atoms with E-state index in [4.69, 9.17) is 16.3 Å². The van der Waals surface area contributed by atoms with Gasteiger partial charge in [-0.1, -0.05) is 36.4 Å². The van der Waals surface area contributed by atoms with Gasteiger partial charge in [0.25, 0.3) is 0 Å². The minimum Gasteiger partial charge on any atom is -0.457 e. The first-order valence-corrected chi connectivity index (χ1v) is 6.81. The van der Waals surface area contributed by atoms with Crippen LogP contribution in [0.1, 0.15) is 5.56 Å². The summed E-state index contributed by atoms with van der Waals surface area (Å²) < 4.78 is 19.3. The quantitative estimate of drug-likeness (QED) is 0.577. The van der Waals surface area contributed by atoms with E-state index in [1.165, 1.54) is 12.1 Å². The van der Waals surface area contributed by atoms with Crippen LogP contribution in [0.3, 0.4) is 0 Å². The molecular weight excluding hydrogens is 275 g/mol. The van der Waals surface area contributed by atoms with E-state index in [-0.39, 0.29) is 11.7 Å². The van der Waals surface area contributed by atoms with Crippen LogP contribution in [0.4, 0.5) is 4.39 Å². The molecule has 20 heavy (non-hydrogen) atoms. The molecule has 0 heterocycles. The van der Waals surface area contributed by atoms with Gasteiger partial charge in [0.1, 0.15) is 17.3 Å². The summed E-state index contributed by atoms with van der Waals surface area (Å²) in [5.74, 6) is 1.06. The summed E-state index contributed by atoms with van der Waals surface area (Å²) in [6, 6.07) is 18.2. The number of ether oxygens (including phenoxy) is 1. The van der Waals surface area contributed by atoms with Crippen molar-refractivity contribution in [1.82, 2.24) is 0 Å². The first-order chi connectivity index (χ1) is 9.76. The second-order valence-corrected chi connectivity index (χ2v) is 4.78. The van der Waals surface area contributed by atoms with Gasteiger partial charge in [-0.2, -0.15) is 0 Å². The number of alkyl halides is 1. The van der Waals surface area contributed by atoms with Crippen molar-refractivity contribution in [2.75, 3.05) is 0 Å². The van der Waals surface area contributed by atoms with Gasteiger partial charge in [0.2, 0.25) is 0 Å². The van der Waals surface area contributed by atoms with Crippen LogP contribution in [-0.2, 0) is 5.88 Å². The Labute approximate surface area is 121 Å². The summed E-state index contributed by atoms with van der Waals surface area (Å²) in [6.45, 7) is 0. The number of hydrogen-bond acceptors (Lipinski definition) is 1. The van der Waals surface area contributed by atoms with Crippen LogP contribution in [0, 0.1) is 5.82 Å². The Balaban J connectivity index is 2.03. The molecule has 0 radical (unpaired) electrons. The van der Waals surface area contributed by atoms with Crippen molar-refractivity contribution in [3.8, 4) is 11.5 Å². The molecule has 100 valence electrons. The number of benzene rings is 3. The van der Waals surface area contributed by atoms with Crippen LogP contribution in [0.2, 0.25) is 0 Å². The highest BCUT2D eigenvalue weighted by molar-refractivity contribution is 6.17. The maximum atomic E-state index is 13.5. The third-order valence-corrected chi connectivity index (χ3v) is 3.37. The van der Waals surface area contributed by atoms with Crippen LogP contribution in [0.15, 0.2) is 60.7 Å². The molecule has 0 bridgehead atoms. The van der Waals surface area contributed by atoms with Gasteiger partial charge in [0.15, 0.2) is 0 Å². The van der Waals surface area contributed by atoms with Crippen LogP contribution >= 0.6 is 11.6 Å². The third-order valence-electron chi connectivity index (χ3n) is 3.06. The van der Waals surface area contributed by atoms with E-state index in [0.29, 0.717) is 17.1 Å². The highest BCUT2D eigenvalue weighted by Gasteiger charge is 2.05. The van der Waals surface area contributed by atoms with E-state index >= 15 is 0 Å². The largest absolute Gasteiger partial charge is 0.457 e. The van der Waals surface area contributed by atoms with Gasteiger partial charge in [-0.05, 0) is 29.1 Å². The Morgan fingerprint density at radius 2 is 1.75 bits per heavy atom. The van der Waals surface area contributed by atoms with Gasteiger partial charge in [0, 0.05) is 17.3 Å². The normalized spacial score (nSPS) is 10.7. The van der Waals surface area contributed by atoms with Crippen LogP contribution in [0.25, 0.3) is 10.8 Å². The summed E-state index contributed by atoms with van der Waals surface area (Å²) in [4.78, 5) is 0. The average molecular weight is 287 g/mol. The maximum absolute atomic E-state index is 13.5. The molecule has 0 aliphatic rings. The molecule has 0 aliphatic heterocycles. The Morgan fingerprint density at radius 3 is 2.60 bits per heavy atom. The molecule has 3 aromatic carbocycles. The molecule has 3 heteroatoms. The molecule has 0 amide bonds. The fourth-order valence-corrected chi connectivity index (χ4v) is 2.32. The Kier molecular flexibility index (Phi) is 3.57. The standard InChI is InChI=1S/C17H12ClFO/c18-11-12-8-14(19)10-15(9-12)20-17-7-3-5-13-4-1-2-6-16(13)17/h1-10H,11H2. The number of halogens is 2. The molecule has 0 spiro atoms. The first kappa shape index (κ1) is 12.9. The number of fused-ring (bicyclic) bond motifs is 1. The monoisotopic (exact) mass is 286 g/mol. The molecule has 0 saturated carbocycles. The zero-order chi connectivity index (χ0) is 13.9. The van der Waals surface area contributed by atoms with Crippen molar-refractivity contribution in [3.05, 3.63) is 72.0 Å². The highest BCUT2D eigenvalue weighted by Crippen LogP contribution is 2.30. The molecule has 0 unspecified atom stereocenters. The van der Waals surface area contributed by atoms with Gasteiger partial charge < -0.3 is 4.74 Å². The minimum atomic E-state index is -0.349. The van der Waals surface area contributed by atoms with E-state index in [2.05, 4.69) is 0 Å². The van der Waals surface area contributed by atoms with Gasteiger partial charge >= 0.3 is 0 Å². The van der Waals surface area contributed by atoms with E-state index in [1.54, 1.807) is 6.07 Å². The molecule has 0 saturated heterocycles. The lowest BCUT2D eigenvalue weighted by Crippen LogP contribution is -1.89. The zero-order valence-corrected chi connectivity index (χ0v) is 11.4. The van der Waals surface area contributed by atoms with Crippen molar-refractivity contribution in [1.29, 1.82) is 0 Å². The van der Waals surface area contributed by atoms with Crippen LogP contribution in [0.5, 0.6) is 11.5 Å². The molecule has 0 N–H and O–H groups in total. The van der Waals surface area contributed by atoms with Crippen molar-refractivity contribution in [2.45, 2.75) is 5.88 Å². The van der Waals surface area contributed by atoms with Crippen molar-refractivity contribution < 1.29 is 9.13 Å². The molecule has 3 rings (SSSR count). The van der Waals surface area contributed by atoms with Gasteiger partial charge in [-0.25, -0.2) is 4.39 Å². The Morgan fingerprint density at radius 1 is 0.950 bits per heavy atom. The Bertz CT molecular complexity index is 750. The lowest BCUT2D eigenvalue weighted by molar-refractivity contribution is 0.481. The van der Waals surface area contributed by atoms with E-state index < -0.39 is 0 Å². The van der Waals surface area contributed by atoms with Crippen LogP contribution in [-0.4, -0.2) is 0 Å². The second kappa shape index (κ2) is 5.51. The predicted octanol–water partition coefficient (Wildman–Crippen LogP) is 5.51. The topological polar surface area (TPSA) is 9.23 Å². The first-order valence-electron chi connectivity index (χ1n) is 6.27. The molecule has 0 fully saturated rings. The summed E-state index contributed by atoms with van der Waals surface area (Å²) in [6.07, 6.45) is 0. The molecule has 0 aromatic heterocycles. The fourth-order valence-electron chi connectivity index (χ4n) is 2.17. The van der Waals surface area contributed by atoms with Crippen molar-refractivity contribution >= 4 is 22.4 Å².